The van der Waals surface area contributed by atoms with Crippen LogP contribution in [-0.2, 0) is 18.9 Å². The Bertz CT molecular complexity index is 369. The lowest BCUT2D eigenvalue weighted by molar-refractivity contribution is -0.174. The van der Waals surface area contributed by atoms with Crippen LogP contribution in [0, 0.1) is 0 Å². The molecule has 0 aromatic carbocycles. The molecule has 3 rings (SSSR count). The molecule has 21 heavy (non-hydrogen) atoms. The van der Waals surface area contributed by atoms with Crippen LogP contribution in [0.4, 0.5) is 0 Å². The highest BCUT2D eigenvalue weighted by molar-refractivity contribution is 8.17. The predicted octanol–water partition coefficient (Wildman–Crippen LogP) is 3.24. The van der Waals surface area contributed by atoms with Gasteiger partial charge < -0.3 is 18.9 Å². The highest BCUT2D eigenvalue weighted by atomic mass is 32.2. The minimum Gasteiger partial charge on any atom is -0.348 e. The van der Waals surface area contributed by atoms with Gasteiger partial charge in [-0.1, -0.05) is 0 Å². The molecular formula is C15H26O4S2. The Morgan fingerprint density at radius 3 is 2.29 bits per heavy atom. The van der Waals surface area contributed by atoms with E-state index in [-0.39, 0.29) is 18.3 Å². The first-order chi connectivity index (χ1) is 9.85. The molecule has 0 spiro atoms. The van der Waals surface area contributed by atoms with Crippen LogP contribution in [-0.4, -0.2) is 52.6 Å². The summed E-state index contributed by atoms with van der Waals surface area (Å²) in [5.41, 5.74) is 0. The van der Waals surface area contributed by atoms with Crippen LogP contribution in [0.2, 0.25) is 0 Å². The summed E-state index contributed by atoms with van der Waals surface area (Å²) in [4.78, 5) is 0. The van der Waals surface area contributed by atoms with Crippen LogP contribution in [0.1, 0.15) is 40.5 Å². The second kappa shape index (κ2) is 6.21. The Labute approximate surface area is 136 Å². The van der Waals surface area contributed by atoms with Crippen molar-refractivity contribution in [3.63, 3.8) is 0 Å². The zero-order valence-electron chi connectivity index (χ0n) is 13.3. The van der Waals surface area contributed by atoms with E-state index in [1.807, 2.05) is 51.2 Å². The molecule has 3 atom stereocenters. The number of hydrogen-bond acceptors (Lipinski definition) is 6. The second-order valence-electron chi connectivity index (χ2n) is 6.77. The standard InChI is InChI=1S/C15H26O4S2/c1-14(2)16-9-11(18-14)13-10(17-15(3,4)19-13)8-12-20-6-5-7-21-12/h10-13H,5-9H2,1-4H3/t10-,11-,13+/m1/s1. The highest BCUT2D eigenvalue weighted by Gasteiger charge is 2.50. The van der Waals surface area contributed by atoms with Crippen LogP contribution in [0.25, 0.3) is 0 Å². The molecule has 0 amide bonds. The topological polar surface area (TPSA) is 36.9 Å². The van der Waals surface area contributed by atoms with E-state index in [0.29, 0.717) is 11.2 Å². The Balaban J connectivity index is 1.65. The van der Waals surface area contributed by atoms with E-state index in [9.17, 15) is 0 Å². The molecule has 3 saturated heterocycles. The summed E-state index contributed by atoms with van der Waals surface area (Å²) in [5, 5.41) is 0. The van der Waals surface area contributed by atoms with E-state index < -0.39 is 11.6 Å². The number of rotatable bonds is 3. The van der Waals surface area contributed by atoms with Gasteiger partial charge in [-0.15, -0.1) is 23.5 Å². The molecule has 0 N–H and O–H groups in total. The Morgan fingerprint density at radius 2 is 1.67 bits per heavy atom. The smallest absolute Gasteiger partial charge is 0.163 e. The third kappa shape index (κ3) is 4.09. The first-order valence-electron chi connectivity index (χ1n) is 7.75. The third-order valence-corrected chi connectivity index (χ3v) is 6.93. The van der Waals surface area contributed by atoms with Crippen LogP contribution in [0.15, 0.2) is 0 Å². The molecule has 0 radical (unpaired) electrons. The molecule has 0 bridgehead atoms. The van der Waals surface area contributed by atoms with Crippen molar-refractivity contribution in [2.75, 3.05) is 18.1 Å². The summed E-state index contributed by atoms with van der Waals surface area (Å²) < 4.78 is 24.6. The summed E-state index contributed by atoms with van der Waals surface area (Å²) >= 11 is 4.10. The predicted molar refractivity (Wildman–Crippen MR) is 86.7 cm³/mol. The van der Waals surface area contributed by atoms with Gasteiger partial charge in [0.1, 0.15) is 12.2 Å². The van der Waals surface area contributed by atoms with Gasteiger partial charge in [-0.25, -0.2) is 0 Å². The number of hydrogen-bond donors (Lipinski definition) is 0. The van der Waals surface area contributed by atoms with E-state index in [2.05, 4.69) is 0 Å². The molecule has 3 aliphatic rings. The molecule has 0 aromatic rings. The van der Waals surface area contributed by atoms with Gasteiger partial charge in [-0.2, -0.15) is 0 Å². The van der Waals surface area contributed by atoms with E-state index in [0.717, 1.165) is 6.42 Å². The van der Waals surface area contributed by atoms with Gasteiger partial charge >= 0.3 is 0 Å². The van der Waals surface area contributed by atoms with Gasteiger partial charge in [0.2, 0.25) is 0 Å². The van der Waals surface area contributed by atoms with Crippen LogP contribution in [0.3, 0.4) is 0 Å². The molecule has 0 aromatic heterocycles. The van der Waals surface area contributed by atoms with E-state index in [1.165, 1.54) is 17.9 Å². The average molecular weight is 335 g/mol. The summed E-state index contributed by atoms with van der Waals surface area (Å²) in [7, 11) is 0. The van der Waals surface area contributed by atoms with Gasteiger partial charge in [-0.3, -0.25) is 0 Å². The van der Waals surface area contributed by atoms with Crippen LogP contribution >= 0.6 is 23.5 Å². The molecule has 3 aliphatic heterocycles. The van der Waals surface area contributed by atoms with Gasteiger partial charge in [0.15, 0.2) is 11.6 Å². The van der Waals surface area contributed by atoms with Crippen molar-refractivity contribution in [1.29, 1.82) is 0 Å². The van der Waals surface area contributed by atoms with Gasteiger partial charge in [0.25, 0.3) is 0 Å². The molecule has 4 nitrogen and oxygen atoms in total. The Morgan fingerprint density at radius 1 is 0.952 bits per heavy atom. The molecule has 0 aliphatic carbocycles. The maximum atomic E-state index is 6.16. The molecule has 3 heterocycles. The van der Waals surface area contributed by atoms with E-state index >= 15 is 0 Å². The summed E-state index contributed by atoms with van der Waals surface area (Å²) in [6, 6.07) is 0. The maximum absolute atomic E-state index is 6.16. The van der Waals surface area contributed by atoms with Crippen molar-refractivity contribution in [2.24, 2.45) is 0 Å². The van der Waals surface area contributed by atoms with E-state index in [4.69, 9.17) is 18.9 Å². The zero-order valence-corrected chi connectivity index (χ0v) is 14.9. The third-order valence-electron chi connectivity index (χ3n) is 3.94. The molecule has 3 fully saturated rings. The number of ether oxygens (including phenoxy) is 4. The monoisotopic (exact) mass is 334 g/mol. The van der Waals surface area contributed by atoms with Crippen molar-refractivity contribution in [3.8, 4) is 0 Å². The van der Waals surface area contributed by atoms with Crippen LogP contribution < -0.4 is 0 Å². The largest absolute Gasteiger partial charge is 0.348 e. The first kappa shape index (κ1) is 16.4. The fourth-order valence-electron chi connectivity index (χ4n) is 3.10. The van der Waals surface area contributed by atoms with Crippen molar-refractivity contribution < 1.29 is 18.9 Å². The van der Waals surface area contributed by atoms with E-state index in [1.54, 1.807) is 0 Å². The molecule has 6 heteroatoms. The van der Waals surface area contributed by atoms with Crippen LogP contribution in [0.5, 0.6) is 0 Å². The Kier molecular flexibility index (Phi) is 4.85. The quantitative estimate of drug-likeness (QED) is 0.789. The van der Waals surface area contributed by atoms with Crippen molar-refractivity contribution in [3.05, 3.63) is 0 Å². The lowest BCUT2D eigenvalue weighted by Crippen LogP contribution is -2.39. The fraction of sp³-hybridized carbons (Fsp3) is 1.00. The normalized spacial score (nSPS) is 39.7. The second-order valence-corrected chi connectivity index (χ2v) is 9.69. The van der Waals surface area contributed by atoms with Gasteiger partial charge in [0.05, 0.1) is 17.3 Å². The minimum absolute atomic E-state index is 0.0367. The number of thioether (sulfide) groups is 2. The first-order valence-corrected chi connectivity index (χ1v) is 9.85. The zero-order chi connectivity index (χ0) is 15.1. The molecular weight excluding hydrogens is 308 g/mol. The Hall–Kier alpha value is 0.540. The molecule has 122 valence electrons. The SMILES string of the molecule is CC1(C)OC[C@H]([C@H]2OC(C)(C)O[C@@H]2CC2SCCCS2)O1. The van der Waals surface area contributed by atoms with Crippen molar-refractivity contribution in [1.82, 2.24) is 0 Å². The summed E-state index contributed by atoms with van der Waals surface area (Å²) in [6.45, 7) is 8.47. The minimum atomic E-state index is -0.532. The lowest BCUT2D eigenvalue weighted by atomic mass is 10.1. The molecule has 0 unspecified atom stereocenters. The van der Waals surface area contributed by atoms with Gasteiger partial charge in [-0.05, 0) is 52.0 Å². The van der Waals surface area contributed by atoms with Crippen molar-refractivity contribution in [2.45, 2.75) is 75.0 Å². The summed E-state index contributed by atoms with van der Waals surface area (Å²) in [6.07, 6.45) is 2.35. The van der Waals surface area contributed by atoms with Gasteiger partial charge in [0, 0.05) is 0 Å². The fourth-order valence-corrected chi connectivity index (χ4v) is 6.04. The average Bonchev–Trinajstić information content (AvgIpc) is 2.90. The van der Waals surface area contributed by atoms with Crippen molar-refractivity contribution >= 4 is 23.5 Å². The highest BCUT2D eigenvalue weighted by Crippen LogP contribution is 2.41. The summed E-state index contributed by atoms with van der Waals surface area (Å²) in [5.74, 6) is 1.47. The lowest BCUT2D eigenvalue weighted by Gasteiger charge is -2.27. The molecule has 0 saturated carbocycles. The maximum Gasteiger partial charge on any atom is 0.163 e.